The Morgan fingerprint density at radius 2 is 1.71 bits per heavy atom. The van der Waals surface area contributed by atoms with Gasteiger partial charge in [0.15, 0.2) is 0 Å². The maximum absolute atomic E-state index is 12.3. The van der Waals surface area contributed by atoms with Gasteiger partial charge in [-0.25, -0.2) is 0 Å². The number of fused-ring (bicyclic) bond motifs is 7. The first-order chi connectivity index (χ1) is 14.4. The number of hydrogen-bond donors (Lipinski definition) is 1. The summed E-state index contributed by atoms with van der Waals surface area (Å²) in [7, 11) is 0. The Hall–Kier alpha value is -1.29. The molecule has 0 radical (unpaired) electrons. The van der Waals surface area contributed by atoms with E-state index in [0.29, 0.717) is 17.3 Å². The molecule has 3 saturated carbocycles. The lowest BCUT2D eigenvalue weighted by Gasteiger charge is -2.70. The van der Waals surface area contributed by atoms with Crippen LogP contribution in [0.4, 0.5) is 0 Å². The van der Waals surface area contributed by atoms with Crippen LogP contribution < -0.4 is 0 Å². The monoisotopic (exact) mass is 428 g/mol. The quantitative estimate of drug-likeness (QED) is 0.543. The van der Waals surface area contributed by atoms with Gasteiger partial charge in [-0.2, -0.15) is 0 Å². The van der Waals surface area contributed by atoms with Crippen LogP contribution in [0, 0.1) is 34.0 Å². The molecule has 3 fully saturated rings. The van der Waals surface area contributed by atoms with E-state index in [1.165, 1.54) is 39.0 Å². The van der Waals surface area contributed by atoms with Gasteiger partial charge in [0, 0.05) is 23.5 Å². The molecule has 0 unspecified atom stereocenters. The summed E-state index contributed by atoms with van der Waals surface area (Å²) in [5.74, 6) is 1.24. The number of aliphatic hydroxyl groups is 1. The second-order valence-electron chi connectivity index (χ2n) is 12.7. The van der Waals surface area contributed by atoms with E-state index in [-0.39, 0.29) is 34.2 Å². The third-order valence-electron chi connectivity index (χ3n) is 10.9. The number of carbonyl (C=O) groups is 1. The predicted molar refractivity (Wildman–Crippen MR) is 119 cm³/mol. The lowest BCUT2D eigenvalue weighted by Crippen LogP contribution is -2.67. The average molecular weight is 429 g/mol. The lowest BCUT2D eigenvalue weighted by atomic mass is 9.35. The van der Waals surface area contributed by atoms with Crippen molar-refractivity contribution in [3.05, 3.63) is 23.7 Å². The molecule has 1 N–H and O–H groups in total. The standard InChI is InChI=1S/C27H40O4/c1-16(28)31-23-13-21-25(4)10-7-9-24(2,3)20(25)8-11-26(21,5)22-12-19(29)17-14-30-15-18(17)27(22,23)6/h14-15,19-23,29H,7-13H2,1-6H3/t19-,20+,21-,22+,23+,25+,26-,27-/m1/s1. The first-order valence-electron chi connectivity index (χ1n) is 12.4. The minimum atomic E-state index is -0.506. The van der Waals surface area contributed by atoms with Crippen LogP contribution in [0.15, 0.2) is 16.9 Å². The van der Waals surface area contributed by atoms with Crippen LogP contribution in [0.1, 0.15) is 104 Å². The maximum atomic E-state index is 12.3. The fourth-order valence-corrected chi connectivity index (χ4v) is 9.61. The Morgan fingerprint density at radius 3 is 2.42 bits per heavy atom. The van der Waals surface area contributed by atoms with Gasteiger partial charge < -0.3 is 14.3 Å². The molecule has 0 bridgehead atoms. The normalized spacial score (nSPS) is 48.0. The van der Waals surface area contributed by atoms with Crippen molar-refractivity contribution in [3.8, 4) is 0 Å². The molecule has 1 heterocycles. The van der Waals surface area contributed by atoms with Crippen LogP contribution in [0.25, 0.3) is 0 Å². The first-order valence-corrected chi connectivity index (χ1v) is 12.4. The van der Waals surface area contributed by atoms with E-state index in [9.17, 15) is 9.90 Å². The van der Waals surface area contributed by atoms with E-state index in [4.69, 9.17) is 9.15 Å². The summed E-state index contributed by atoms with van der Waals surface area (Å²) >= 11 is 0. The molecule has 4 aliphatic carbocycles. The van der Waals surface area contributed by atoms with E-state index >= 15 is 0 Å². The minimum absolute atomic E-state index is 0.111. The van der Waals surface area contributed by atoms with Crippen LogP contribution in [-0.2, 0) is 14.9 Å². The SMILES string of the molecule is CC(=O)O[C@H]1C[C@@H]2[C@@]3(C)CCCC(C)(C)[C@@H]3CC[C@@]2(C)[C@@H]2C[C@@H](O)c3cocc3[C@@]12C. The maximum Gasteiger partial charge on any atom is 0.302 e. The number of hydrogen-bond acceptors (Lipinski definition) is 4. The van der Waals surface area contributed by atoms with Gasteiger partial charge in [0.25, 0.3) is 0 Å². The van der Waals surface area contributed by atoms with Crippen molar-refractivity contribution in [2.24, 2.45) is 34.0 Å². The summed E-state index contributed by atoms with van der Waals surface area (Å²) in [5, 5.41) is 11.1. The third kappa shape index (κ3) is 2.72. The molecule has 0 saturated heterocycles. The van der Waals surface area contributed by atoms with Gasteiger partial charge in [-0.15, -0.1) is 0 Å². The highest BCUT2D eigenvalue weighted by Gasteiger charge is 2.68. The number of furan rings is 1. The fourth-order valence-electron chi connectivity index (χ4n) is 9.61. The van der Waals surface area contributed by atoms with Gasteiger partial charge in [0.2, 0.25) is 0 Å². The van der Waals surface area contributed by atoms with Crippen molar-refractivity contribution in [2.45, 2.75) is 104 Å². The van der Waals surface area contributed by atoms with Crippen LogP contribution in [0.3, 0.4) is 0 Å². The molecule has 0 aromatic carbocycles. The molecular weight excluding hydrogens is 388 g/mol. The Balaban J connectivity index is 1.66. The molecule has 5 rings (SSSR count). The van der Waals surface area contributed by atoms with Crippen molar-refractivity contribution in [1.29, 1.82) is 0 Å². The Morgan fingerprint density at radius 1 is 1.00 bits per heavy atom. The zero-order chi connectivity index (χ0) is 22.4. The highest BCUT2D eigenvalue weighted by Crippen LogP contribution is 2.73. The summed E-state index contributed by atoms with van der Waals surface area (Å²) in [6, 6.07) is 0. The van der Waals surface area contributed by atoms with Crippen molar-refractivity contribution >= 4 is 5.97 Å². The lowest BCUT2D eigenvalue weighted by molar-refractivity contribution is -0.220. The van der Waals surface area contributed by atoms with Crippen LogP contribution >= 0.6 is 0 Å². The number of aliphatic hydroxyl groups excluding tert-OH is 1. The largest absolute Gasteiger partial charge is 0.472 e. The molecule has 1 aromatic heterocycles. The van der Waals surface area contributed by atoms with Gasteiger partial charge >= 0.3 is 5.97 Å². The number of rotatable bonds is 1. The number of esters is 1. The van der Waals surface area contributed by atoms with Crippen molar-refractivity contribution in [3.63, 3.8) is 0 Å². The summed E-state index contributed by atoms with van der Waals surface area (Å²) < 4.78 is 11.7. The van der Waals surface area contributed by atoms with Crippen molar-refractivity contribution in [1.82, 2.24) is 0 Å². The van der Waals surface area contributed by atoms with E-state index in [2.05, 4.69) is 34.6 Å². The molecule has 1 aromatic rings. The third-order valence-corrected chi connectivity index (χ3v) is 10.9. The van der Waals surface area contributed by atoms with E-state index in [1.807, 2.05) is 6.26 Å². The molecule has 8 atom stereocenters. The zero-order valence-corrected chi connectivity index (χ0v) is 20.2. The van der Waals surface area contributed by atoms with Gasteiger partial charge in [-0.05, 0) is 72.5 Å². The fraction of sp³-hybridized carbons (Fsp3) is 0.815. The molecule has 0 aliphatic heterocycles. The molecule has 4 aliphatic rings. The van der Waals surface area contributed by atoms with E-state index in [1.54, 1.807) is 6.26 Å². The van der Waals surface area contributed by atoms with E-state index in [0.717, 1.165) is 24.0 Å². The molecule has 31 heavy (non-hydrogen) atoms. The Kier molecular flexibility index (Phi) is 4.60. The number of ether oxygens (including phenoxy) is 1. The molecule has 0 spiro atoms. The smallest absolute Gasteiger partial charge is 0.302 e. The first kappa shape index (κ1) is 21.6. The predicted octanol–water partition coefficient (Wildman–Crippen LogP) is 6.17. The zero-order valence-electron chi connectivity index (χ0n) is 20.2. The summed E-state index contributed by atoms with van der Waals surface area (Å²) in [6.45, 7) is 13.8. The van der Waals surface area contributed by atoms with Gasteiger partial charge in [0.05, 0.1) is 18.6 Å². The molecule has 4 nitrogen and oxygen atoms in total. The Labute approximate surface area is 187 Å². The molecule has 4 heteroatoms. The van der Waals surface area contributed by atoms with Gasteiger partial charge in [-0.1, -0.05) is 41.0 Å². The summed E-state index contributed by atoms with van der Waals surface area (Å²) in [5.41, 5.74) is 2.33. The highest BCUT2D eigenvalue weighted by molar-refractivity contribution is 5.66. The number of carbonyl (C=O) groups excluding carboxylic acids is 1. The molecule has 172 valence electrons. The van der Waals surface area contributed by atoms with Crippen LogP contribution in [0.5, 0.6) is 0 Å². The van der Waals surface area contributed by atoms with Crippen LogP contribution in [-0.4, -0.2) is 17.2 Å². The van der Waals surface area contributed by atoms with E-state index < -0.39 is 6.10 Å². The molecular formula is C27H40O4. The topological polar surface area (TPSA) is 59.7 Å². The van der Waals surface area contributed by atoms with Gasteiger partial charge in [-0.3, -0.25) is 4.79 Å². The van der Waals surface area contributed by atoms with Crippen molar-refractivity contribution in [2.75, 3.05) is 0 Å². The summed E-state index contributed by atoms with van der Waals surface area (Å²) in [6.07, 6.45) is 10.7. The molecule has 0 amide bonds. The highest BCUT2D eigenvalue weighted by atomic mass is 16.5. The van der Waals surface area contributed by atoms with Crippen LogP contribution in [0.2, 0.25) is 0 Å². The van der Waals surface area contributed by atoms with Crippen molar-refractivity contribution < 1.29 is 19.1 Å². The Bertz CT molecular complexity index is 886. The second-order valence-corrected chi connectivity index (χ2v) is 12.7. The second kappa shape index (κ2) is 6.62. The minimum Gasteiger partial charge on any atom is -0.472 e. The van der Waals surface area contributed by atoms with Gasteiger partial charge in [0.1, 0.15) is 6.10 Å². The summed E-state index contributed by atoms with van der Waals surface area (Å²) in [4.78, 5) is 12.3. The average Bonchev–Trinajstić information content (AvgIpc) is 3.16.